The Kier molecular flexibility index (Phi) is 8.74. The number of nitrogens with one attached hydrogen (secondary N) is 2. The Hall–Kier alpha value is -3.98. The third-order valence-corrected chi connectivity index (χ3v) is 6.20. The molecule has 0 spiro atoms. The minimum Gasteiger partial charge on any atom is -0.481 e. The van der Waals surface area contributed by atoms with Gasteiger partial charge in [0.1, 0.15) is 10.8 Å². The van der Waals surface area contributed by atoms with E-state index >= 15 is 0 Å². The molecule has 3 aromatic rings. The van der Waals surface area contributed by atoms with Gasteiger partial charge in [0.25, 0.3) is 11.8 Å². The number of amides is 2. The molecular formula is C26H27N3O5S. The molecule has 9 heteroatoms. The summed E-state index contributed by atoms with van der Waals surface area (Å²) >= 11 is 1.32. The van der Waals surface area contributed by atoms with Crippen molar-refractivity contribution in [2.45, 2.75) is 33.8 Å². The van der Waals surface area contributed by atoms with E-state index in [1.54, 1.807) is 44.3 Å². The van der Waals surface area contributed by atoms with Crippen LogP contribution in [0.4, 0.5) is 5.00 Å². The van der Waals surface area contributed by atoms with Crippen molar-refractivity contribution < 1.29 is 23.9 Å². The maximum absolute atomic E-state index is 12.8. The summed E-state index contributed by atoms with van der Waals surface area (Å²) < 4.78 is 10.8. The molecule has 35 heavy (non-hydrogen) atoms. The number of rotatable bonds is 9. The van der Waals surface area contributed by atoms with Gasteiger partial charge in [0.15, 0.2) is 6.10 Å². The number of thiophene rings is 1. The van der Waals surface area contributed by atoms with Crippen LogP contribution in [0, 0.1) is 13.8 Å². The monoisotopic (exact) mass is 493 g/mol. The van der Waals surface area contributed by atoms with Gasteiger partial charge in [-0.1, -0.05) is 30.3 Å². The Labute approximate surface area is 208 Å². The molecule has 2 N–H and O–H groups in total. The Morgan fingerprint density at radius 2 is 1.74 bits per heavy atom. The van der Waals surface area contributed by atoms with Crippen LogP contribution in [0.2, 0.25) is 0 Å². The van der Waals surface area contributed by atoms with Crippen LogP contribution in [-0.4, -0.2) is 36.7 Å². The Bertz CT molecular complexity index is 1220. The van der Waals surface area contributed by atoms with Gasteiger partial charge in [0.05, 0.1) is 18.4 Å². The molecule has 1 heterocycles. The molecule has 1 atom stereocenters. The van der Waals surface area contributed by atoms with Crippen LogP contribution < -0.4 is 15.5 Å². The van der Waals surface area contributed by atoms with Crippen molar-refractivity contribution in [2.75, 3.05) is 11.9 Å². The van der Waals surface area contributed by atoms with Gasteiger partial charge in [-0.05, 0) is 63.1 Å². The predicted octanol–water partition coefficient (Wildman–Crippen LogP) is 4.71. The highest BCUT2D eigenvalue weighted by atomic mass is 32.1. The Balaban J connectivity index is 1.59. The summed E-state index contributed by atoms with van der Waals surface area (Å²) in [7, 11) is 0. The van der Waals surface area contributed by atoms with Crippen LogP contribution in [0.5, 0.6) is 5.75 Å². The normalized spacial score (nSPS) is 11.7. The molecule has 2 aromatic carbocycles. The summed E-state index contributed by atoms with van der Waals surface area (Å²) in [6, 6.07) is 15.7. The van der Waals surface area contributed by atoms with Gasteiger partial charge < -0.3 is 14.8 Å². The first-order valence-corrected chi connectivity index (χ1v) is 11.8. The van der Waals surface area contributed by atoms with Gasteiger partial charge in [0.2, 0.25) is 0 Å². The number of anilines is 1. The van der Waals surface area contributed by atoms with Crippen molar-refractivity contribution in [3.8, 4) is 5.75 Å². The second kappa shape index (κ2) is 11.9. The lowest BCUT2D eigenvalue weighted by Gasteiger charge is -2.13. The Morgan fingerprint density at radius 3 is 2.40 bits per heavy atom. The molecular weight excluding hydrogens is 466 g/mol. The second-order valence-corrected chi connectivity index (χ2v) is 8.82. The highest BCUT2D eigenvalue weighted by Gasteiger charge is 2.22. The number of hydrogen-bond acceptors (Lipinski definition) is 7. The molecule has 182 valence electrons. The molecule has 3 rings (SSSR count). The minimum atomic E-state index is -0.799. The smallest absolute Gasteiger partial charge is 0.341 e. The zero-order valence-corrected chi connectivity index (χ0v) is 20.8. The average Bonchev–Trinajstić information content (AvgIpc) is 3.12. The predicted molar refractivity (Wildman–Crippen MR) is 136 cm³/mol. The molecule has 0 bridgehead atoms. The molecule has 0 aliphatic heterocycles. The summed E-state index contributed by atoms with van der Waals surface area (Å²) in [4.78, 5) is 38.3. The number of aryl methyl sites for hydroxylation is 1. The standard InChI is InChI=1S/C26H27N3O5S/c1-5-33-26(32)22-16(2)18(4)35-25(22)28-24(31)20-11-13-21(14-12-20)34-17(3)23(30)29-27-15-19-9-7-6-8-10-19/h6-15,17H,5H2,1-4H3,(H,28,31)(H,29,30)/b27-15+. The van der Waals surface area contributed by atoms with Crippen molar-refractivity contribution >= 4 is 40.3 Å². The first-order valence-electron chi connectivity index (χ1n) is 11.0. The zero-order chi connectivity index (χ0) is 25.4. The topological polar surface area (TPSA) is 106 Å². The maximum atomic E-state index is 12.8. The number of hydrazone groups is 1. The van der Waals surface area contributed by atoms with Gasteiger partial charge in [0, 0.05) is 10.4 Å². The van der Waals surface area contributed by atoms with Gasteiger partial charge in [-0.3, -0.25) is 9.59 Å². The van der Waals surface area contributed by atoms with Gasteiger partial charge in [-0.15, -0.1) is 11.3 Å². The third kappa shape index (κ3) is 6.77. The van der Waals surface area contributed by atoms with Crippen molar-refractivity contribution in [1.29, 1.82) is 0 Å². The molecule has 0 saturated heterocycles. The summed E-state index contributed by atoms with van der Waals surface area (Å²) in [6.07, 6.45) is 0.744. The number of carbonyl (C=O) groups is 3. The zero-order valence-electron chi connectivity index (χ0n) is 20.0. The van der Waals surface area contributed by atoms with Gasteiger partial charge in [-0.25, -0.2) is 10.2 Å². The number of esters is 1. The number of nitrogens with zero attached hydrogens (tertiary/aromatic N) is 1. The lowest BCUT2D eigenvalue weighted by molar-refractivity contribution is -0.127. The van der Waals surface area contributed by atoms with Crippen LogP contribution in [-0.2, 0) is 9.53 Å². The summed E-state index contributed by atoms with van der Waals surface area (Å²) in [6.45, 7) is 7.29. The van der Waals surface area contributed by atoms with E-state index in [9.17, 15) is 14.4 Å². The first kappa shape index (κ1) is 25.6. The fourth-order valence-electron chi connectivity index (χ4n) is 3.08. The summed E-state index contributed by atoms with van der Waals surface area (Å²) in [5, 5.41) is 7.18. The summed E-state index contributed by atoms with van der Waals surface area (Å²) in [5.74, 6) is -0.821. The molecule has 8 nitrogen and oxygen atoms in total. The fourth-order valence-corrected chi connectivity index (χ4v) is 4.13. The Morgan fingerprint density at radius 1 is 1.06 bits per heavy atom. The van der Waals surface area contributed by atoms with E-state index in [2.05, 4.69) is 15.8 Å². The van der Waals surface area contributed by atoms with Crippen molar-refractivity contribution in [2.24, 2.45) is 5.10 Å². The average molecular weight is 494 g/mol. The SMILES string of the molecule is CCOC(=O)c1c(NC(=O)c2ccc(OC(C)C(=O)N/N=C/c3ccccc3)cc2)sc(C)c1C. The minimum absolute atomic E-state index is 0.248. The summed E-state index contributed by atoms with van der Waals surface area (Å²) in [5.41, 5.74) is 4.83. The largest absolute Gasteiger partial charge is 0.481 e. The van der Waals surface area contributed by atoms with Crippen LogP contribution in [0.1, 0.15) is 50.6 Å². The van der Waals surface area contributed by atoms with E-state index < -0.39 is 18.0 Å². The molecule has 0 aliphatic carbocycles. The van der Waals surface area contributed by atoms with E-state index in [-0.39, 0.29) is 12.5 Å². The highest BCUT2D eigenvalue weighted by Crippen LogP contribution is 2.33. The van der Waals surface area contributed by atoms with Crippen LogP contribution >= 0.6 is 11.3 Å². The van der Waals surface area contributed by atoms with Crippen LogP contribution in [0.3, 0.4) is 0 Å². The molecule has 0 saturated carbocycles. The van der Waals surface area contributed by atoms with Gasteiger partial charge >= 0.3 is 5.97 Å². The molecule has 2 amide bonds. The van der Waals surface area contributed by atoms with E-state index in [0.717, 1.165) is 16.0 Å². The lowest BCUT2D eigenvalue weighted by Crippen LogP contribution is -2.33. The lowest BCUT2D eigenvalue weighted by atomic mass is 10.1. The van der Waals surface area contributed by atoms with Crippen molar-refractivity contribution in [1.82, 2.24) is 5.43 Å². The number of ether oxygens (including phenoxy) is 2. The van der Waals surface area contributed by atoms with Crippen molar-refractivity contribution in [3.63, 3.8) is 0 Å². The first-order chi connectivity index (χ1) is 16.8. The molecule has 1 aromatic heterocycles. The molecule has 1 unspecified atom stereocenters. The second-order valence-electron chi connectivity index (χ2n) is 7.59. The maximum Gasteiger partial charge on any atom is 0.341 e. The van der Waals surface area contributed by atoms with E-state index in [1.807, 2.05) is 44.2 Å². The highest BCUT2D eigenvalue weighted by molar-refractivity contribution is 7.16. The van der Waals surface area contributed by atoms with Crippen molar-refractivity contribution in [3.05, 3.63) is 81.7 Å². The number of hydrogen-bond donors (Lipinski definition) is 2. The van der Waals surface area contributed by atoms with E-state index in [0.29, 0.717) is 21.9 Å². The molecule has 0 fully saturated rings. The third-order valence-electron chi connectivity index (χ3n) is 5.08. The number of benzene rings is 2. The fraction of sp³-hybridized carbons (Fsp3) is 0.231. The van der Waals surface area contributed by atoms with E-state index in [1.165, 1.54) is 11.3 Å². The number of carbonyl (C=O) groups excluding carboxylic acids is 3. The molecule has 0 radical (unpaired) electrons. The van der Waals surface area contributed by atoms with E-state index in [4.69, 9.17) is 9.47 Å². The van der Waals surface area contributed by atoms with Crippen LogP contribution in [0.25, 0.3) is 0 Å². The van der Waals surface area contributed by atoms with Crippen LogP contribution in [0.15, 0.2) is 59.7 Å². The van der Waals surface area contributed by atoms with Gasteiger partial charge in [-0.2, -0.15) is 5.10 Å². The molecule has 0 aliphatic rings. The quantitative estimate of drug-likeness (QED) is 0.255.